The van der Waals surface area contributed by atoms with Gasteiger partial charge in [-0.25, -0.2) is 0 Å². The van der Waals surface area contributed by atoms with E-state index in [2.05, 4.69) is 40.6 Å². The topological polar surface area (TPSA) is 24.9 Å². The van der Waals surface area contributed by atoms with Crippen LogP contribution in [0.5, 0.6) is 0 Å². The highest BCUT2D eigenvalue weighted by molar-refractivity contribution is 5.46. The van der Waals surface area contributed by atoms with Gasteiger partial charge in [0.1, 0.15) is 13.2 Å². The molecule has 0 aliphatic carbocycles. The van der Waals surface area contributed by atoms with Gasteiger partial charge in [-0.1, -0.05) is 24.3 Å². The molecule has 0 aliphatic rings. The Bertz CT molecular complexity index is 589. The molecule has 0 heterocycles. The van der Waals surface area contributed by atoms with Gasteiger partial charge in [-0.2, -0.15) is 0 Å². The molecule has 0 aromatic heterocycles. The van der Waals surface area contributed by atoms with E-state index < -0.39 is 0 Å². The van der Waals surface area contributed by atoms with Crippen molar-refractivity contribution in [2.45, 2.75) is 13.2 Å². The van der Waals surface area contributed by atoms with Gasteiger partial charge >= 0.3 is 0 Å². The van der Waals surface area contributed by atoms with Crippen molar-refractivity contribution in [1.82, 2.24) is 0 Å². The summed E-state index contributed by atoms with van der Waals surface area (Å²) in [4.78, 5) is 4.13. The van der Waals surface area contributed by atoms with Gasteiger partial charge in [-0.05, 0) is 42.0 Å². The Balaban J connectivity index is 1.76. The molecule has 0 atom stereocenters. The molecule has 2 rings (SSSR count). The molecule has 0 spiro atoms. The zero-order valence-electron chi connectivity index (χ0n) is 15.0. The van der Waals surface area contributed by atoms with Gasteiger partial charge in [0.2, 0.25) is 0 Å². The summed E-state index contributed by atoms with van der Waals surface area (Å²) >= 11 is 0. The molecule has 0 N–H and O–H groups in total. The van der Waals surface area contributed by atoms with E-state index in [-0.39, 0.29) is 0 Å². The van der Waals surface area contributed by atoms with Crippen LogP contribution in [0.4, 0.5) is 11.4 Å². The first kappa shape index (κ1) is 17.7. The smallest absolute Gasteiger partial charge is 0.272 e. The number of anilines is 2. The van der Waals surface area contributed by atoms with Gasteiger partial charge in [-0.3, -0.25) is 0 Å². The van der Waals surface area contributed by atoms with Crippen LogP contribution in [0.15, 0.2) is 61.1 Å². The third-order valence-corrected chi connectivity index (χ3v) is 3.71. The first-order valence-corrected chi connectivity index (χ1v) is 7.93. The fraction of sp³-hybridized carbons (Fsp3) is 0.300. The summed E-state index contributed by atoms with van der Waals surface area (Å²) in [7, 11) is 8.08. The molecule has 4 heteroatoms. The van der Waals surface area contributed by atoms with Crippen LogP contribution >= 0.6 is 0 Å². The Morgan fingerprint density at radius 1 is 0.708 bits per heavy atom. The van der Waals surface area contributed by atoms with E-state index in [0.717, 1.165) is 22.5 Å². The SMILES string of the molecule is C=C(OCc1ccc(N(C)C)cc1)OCc1ccc(N(C)C)cc1. The number of nitrogens with zero attached hydrogens (tertiary/aromatic N) is 2. The average Bonchev–Trinajstić information content (AvgIpc) is 2.58. The van der Waals surface area contributed by atoms with Crippen LogP contribution in [0, 0.1) is 0 Å². The summed E-state index contributed by atoms with van der Waals surface area (Å²) < 4.78 is 11.1. The fourth-order valence-corrected chi connectivity index (χ4v) is 2.15. The molecule has 24 heavy (non-hydrogen) atoms. The molecule has 0 unspecified atom stereocenters. The minimum Gasteiger partial charge on any atom is -0.461 e. The van der Waals surface area contributed by atoms with Crippen LogP contribution in [0.25, 0.3) is 0 Å². The van der Waals surface area contributed by atoms with Crippen LogP contribution in [0.1, 0.15) is 11.1 Å². The summed E-state index contributed by atoms with van der Waals surface area (Å²) in [5, 5.41) is 0. The lowest BCUT2D eigenvalue weighted by Gasteiger charge is -2.14. The van der Waals surface area contributed by atoms with Crippen molar-refractivity contribution in [2.24, 2.45) is 0 Å². The normalized spacial score (nSPS) is 10.2. The van der Waals surface area contributed by atoms with Gasteiger partial charge < -0.3 is 19.3 Å². The standard InChI is InChI=1S/C20H26N2O2/c1-16(23-14-17-6-10-19(11-7-17)21(2)3)24-15-18-8-12-20(13-9-18)22(4)5/h6-13H,1,14-15H2,2-5H3. The monoisotopic (exact) mass is 326 g/mol. The predicted molar refractivity (Wildman–Crippen MR) is 100 cm³/mol. The first-order chi connectivity index (χ1) is 11.5. The van der Waals surface area contributed by atoms with Crippen molar-refractivity contribution < 1.29 is 9.47 Å². The molecular weight excluding hydrogens is 300 g/mol. The molecule has 0 amide bonds. The molecule has 0 radical (unpaired) electrons. The lowest BCUT2D eigenvalue weighted by atomic mass is 10.2. The number of hydrogen-bond acceptors (Lipinski definition) is 4. The lowest BCUT2D eigenvalue weighted by molar-refractivity contribution is 0.0215. The maximum Gasteiger partial charge on any atom is 0.272 e. The molecule has 4 nitrogen and oxygen atoms in total. The Morgan fingerprint density at radius 3 is 1.33 bits per heavy atom. The minimum atomic E-state index is 0.336. The fourth-order valence-electron chi connectivity index (χ4n) is 2.15. The summed E-state index contributed by atoms with van der Waals surface area (Å²) in [5.74, 6) is 0.336. The zero-order chi connectivity index (χ0) is 17.5. The van der Waals surface area contributed by atoms with Crippen molar-refractivity contribution in [2.75, 3.05) is 38.0 Å². The lowest BCUT2D eigenvalue weighted by Crippen LogP contribution is -2.08. The molecule has 2 aromatic rings. The molecule has 0 bridgehead atoms. The molecule has 0 saturated carbocycles. The van der Waals surface area contributed by atoms with E-state index in [0.29, 0.717) is 19.2 Å². The Hall–Kier alpha value is -2.62. The highest BCUT2D eigenvalue weighted by Gasteiger charge is 2.02. The van der Waals surface area contributed by atoms with Crippen LogP contribution in [0.2, 0.25) is 0 Å². The maximum atomic E-state index is 5.57. The highest BCUT2D eigenvalue weighted by atomic mass is 16.7. The summed E-state index contributed by atoms with van der Waals surface area (Å²) in [6, 6.07) is 16.4. The van der Waals surface area contributed by atoms with Crippen molar-refractivity contribution in [3.05, 3.63) is 72.2 Å². The van der Waals surface area contributed by atoms with Crippen molar-refractivity contribution in [3.8, 4) is 0 Å². The van der Waals surface area contributed by atoms with E-state index >= 15 is 0 Å². The minimum absolute atomic E-state index is 0.336. The number of benzene rings is 2. The number of hydrogen-bond donors (Lipinski definition) is 0. The molecule has 2 aromatic carbocycles. The average molecular weight is 326 g/mol. The Labute approximate surface area is 144 Å². The van der Waals surface area contributed by atoms with Gasteiger partial charge in [-0.15, -0.1) is 0 Å². The number of rotatable bonds is 8. The zero-order valence-corrected chi connectivity index (χ0v) is 15.0. The van der Waals surface area contributed by atoms with Crippen LogP contribution in [-0.2, 0) is 22.7 Å². The quantitative estimate of drug-likeness (QED) is 0.684. The third kappa shape index (κ3) is 5.23. The summed E-state index contributed by atoms with van der Waals surface area (Å²) in [5.41, 5.74) is 4.49. The van der Waals surface area contributed by atoms with Crippen molar-refractivity contribution in [3.63, 3.8) is 0 Å². The van der Waals surface area contributed by atoms with Gasteiger partial charge in [0.25, 0.3) is 5.95 Å². The largest absolute Gasteiger partial charge is 0.461 e. The molecule has 0 aliphatic heterocycles. The summed E-state index contributed by atoms with van der Waals surface area (Å²) in [6.45, 7) is 4.72. The summed E-state index contributed by atoms with van der Waals surface area (Å²) in [6.07, 6.45) is 0. The van der Waals surface area contributed by atoms with E-state index in [4.69, 9.17) is 9.47 Å². The second-order valence-electron chi connectivity index (χ2n) is 6.07. The Morgan fingerprint density at radius 2 is 1.04 bits per heavy atom. The highest BCUT2D eigenvalue weighted by Crippen LogP contribution is 2.16. The van der Waals surface area contributed by atoms with Crippen molar-refractivity contribution >= 4 is 11.4 Å². The first-order valence-electron chi connectivity index (χ1n) is 7.93. The van der Waals surface area contributed by atoms with Gasteiger partial charge in [0.05, 0.1) is 0 Å². The van der Waals surface area contributed by atoms with E-state index in [1.165, 1.54) is 0 Å². The van der Waals surface area contributed by atoms with Gasteiger partial charge in [0, 0.05) is 39.6 Å². The van der Waals surface area contributed by atoms with E-state index in [1.54, 1.807) is 0 Å². The number of ether oxygens (including phenoxy) is 2. The molecule has 0 saturated heterocycles. The Kier molecular flexibility index (Phi) is 6.13. The van der Waals surface area contributed by atoms with Crippen LogP contribution in [0.3, 0.4) is 0 Å². The molecular formula is C20H26N2O2. The molecule has 0 fully saturated rings. The second kappa shape index (κ2) is 8.29. The van der Waals surface area contributed by atoms with Crippen LogP contribution in [-0.4, -0.2) is 28.2 Å². The third-order valence-electron chi connectivity index (χ3n) is 3.71. The van der Waals surface area contributed by atoms with Crippen LogP contribution < -0.4 is 9.80 Å². The predicted octanol–water partition coefficient (Wildman–Crippen LogP) is 4.02. The maximum absolute atomic E-state index is 5.57. The second-order valence-corrected chi connectivity index (χ2v) is 6.07. The van der Waals surface area contributed by atoms with Crippen molar-refractivity contribution in [1.29, 1.82) is 0 Å². The van der Waals surface area contributed by atoms with E-state index in [9.17, 15) is 0 Å². The van der Waals surface area contributed by atoms with E-state index in [1.807, 2.05) is 52.5 Å². The van der Waals surface area contributed by atoms with Gasteiger partial charge in [0.15, 0.2) is 0 Å². The molecule has 128 valence electrons.